The van der Waals surface area contributed by atoms with Crippen LogP contribution in [0.15, 0.2) is 42.5 Å². The number of rotatable bonds is 5. The van der Waals surface area contributed by atoms with Crippen molar-refractivity contribution >= 4 is 40.3 Å². The molecule has 6 nitrogen and oxygen atoms in total. The lowest BCUT2D eigenvalue weighted by atomic mass is 10.1. The Balaban J connectivity index is 1.42. The number of hydrogen-bond acceptors (Lipinski definition) is 5. The molecule has 1 aliphatic rings. The molecule has 142 valence electrons. The minimum atomic E-state index is -0.625. The molecule has 1 N–H and O–H groups in total. The van der Waals surface area contributed by atoms with Crippen LogP contribution in [0, 0.1) is 6.92 Å². The molecule has 0 unspecified atom stereocenters. The molecular formula is C21H16ClNO5. The summed E-state index contributed by atoms with van der Waals surface area (Å²) in [4.78, 5) is 27.7. The summed E-state index contributed by atoms with van der Waals surface area (Å²) in [6.45, 7) is 1.59. The van der Waals surface area contributed by atoms with Gasteiger partial charge in [-0.2, -0.15) is 0 Å². The molecule has 2 heterocycles. The third-order valence-electron chi connectivity index (χ3n) is 4.38. The fourth-order valence-corrected chi connectivity index (χ4v) is 3.41. The molecule has 0 radical (unpaired) electrons. The first-order chi connectivity index (χ1) is 13.5. The number of aromatic nitrogens is 1. The molecule has 4 rings (SSSR count). The number of nitrogens with one attached hydrogen (secondary N) is 1. The number of ketones is 1. The highest BCUT2D eigenvalue weighted by molar-refractivity contribution is 6.32. The van der Waals surface area contributed by atoms with E-state index >= 15 is 0 Å². The molecular weight excluding hydrogens is 382 g/mol. The smallest absolute Gasteiger partial charge is 0.331 e. The standard InChI is InChI=1S/C21H16ClNO5/c1-12-20(14-4-2-3-5-16(14)23-12)17(24)10-26-19(25)7-6-13-8-15(22)21-18(9-13)27-11-28-21/h2-9,23H,10-11H2,1H3/b7-6+. The summed E-state index contributed by atoms with van der Waals surface area (Å²) >= 11 is 6.11. The van der Waals surface area contributed by atoms with Gasteiger partial charge in [0.25, 0.3) is 0 Å². The number of carbonyl (C=O) groups is 2. The van der Waals surface area contributed by atoms with Gasteiger partial charge in [-0.05, 0) is 36.8 Å². The maximum atomic E-state index is 12.5. The molecule has 7 heteroatoms. The number of halogens is 1. The van der Waals surface area contributed by atoms with Crippen molar-refractivity contribution in [3.63, 3.8) is 0 Å². The minimum Gasteiger partial charge on any atom is -0.454 e. The zero-order valence-electron chi connectivity index (χ0n) is 15.0. The second-order valence-corrected chi connectivity index (χ2v) is 6.68. The van der Waals surface area contributed by atoms with Crippen LogP contribution in [0.25, 0.3) is 17.0 Å². The summed E-state index contributed by atoms with van der Waals surface area (Å²) in [5.41, 5.74) is 2.81. The van der Waals surface area contributed by atoms with Crippen molar-refractivity contribution in [3.8, 4) is 11.5 Å². The Morgan fingerprint density at radius 3 is 2.93 bits per heavy atom. The van der Waals surface area contributed by atoms with Gasteiger partial charge in [0.1, 0.15) is 0 Å². The molecule has 0 saturated carbocycles. The molecule has 1 aliphatic heterocycles. The highest BCUT2D eigenvalue weighted by atomic mass is 35.5. The Kier molecular flexibility index (Phi) is 4.79. The van der Waals surface area contributed by atoms with Gasteiger partial charge in [-0.3, -0.25) is 4.79 Å². The first kappa shape index (κ1) is 18.1. The fourth-order valence-electron chi connectivity index (χ4n) is 3.14. The van der Waals surface area contributed by atoms with Crippen molar-refractivity contribution in [1.29, 1.82) is 0 Å². The zero-order chi connectivity index (χ0) is 19.7. The molecule has 1 aromatic heterocycles. The SMILES string of the molecule is Cc1[nH]c2ccccc2c1C(=O)COC(=O)/C=C/c1cc(Cl)c2c(c1)OCO2. The number of H-pyrrole nitrogens is 1. The topological polar surface area (TPSA) is 77.6 Å². The molecule has 0 amide bonds. The van der Waals surface area contributed by atoms with Crippen molar-refractivity contribution < 1.29 is 23.8 Å². The highest BCUT2D eigenvalue weighted by Crippen LogP contribution is 2.40. The van der Waals surface area contributed by atoms with E-state index in [2.05, 4.69) is 4.98 Å². The van der Waals surface area contributed by atoms with E-state index in [-0.39, 0.29) is 19.2 Å². The lowest BCUT2D eigenvalue weighted by molar-refractivity contribution is -0.136. The van der Waals surface area contributed by atoms with E-state index in [1.54, 1.807) is 12.1 Å². The van der Waals surface area contributed by atoms with Crippen LogP contribution in [0.4, 0.5) is 0 Å². The molecule has 0 bridgehead atoms. The maximum absolute atomic E-state index is 12.5. The van der Waals surface area contributed by atoms with Crippen molar-refractivity contribution in [2.75, 3.05) is 13.4 Å². The summed E-state index contributed by atoms with van der Waals surface area (Å²) in [6.07, 6.45) is 2.78. The van der Waals surface area contributed by atoms with E-state index in [1.165, 1.54) is 12.2 Å². The Bertz CT molecular complexity index is 1120. The quantitative estimate of drug-likeness (QED) is 0.394. The number of hydrogen-bond donors (Lipinski definition) is 1. The van der Waals surface area contributed by atoms with E-state index < -0.39 is 5.97 Å². The second kappa shape index (κ2) is 7.40. The van der Waals surface area contributed by atoms with E-state index in [4.69, 9.17) is 25.8 Å². The average molecular weight is 398 g/mol. The van der Waals surface area contributed by atoms with Crippen LogP contribution in [-0.4, -0.2) is 30.1 Å². The van der Waals surface area contributed by atoms with Crippen molar-refractivity contribution in [1.82, 2.24) is 4.98 Å². The summed E-state index contributed by atoms with van der Waals surface area (Å²) in [5.74, 6) is 0.119. The molecule has 28 heavy (non-hydrogen) atoms. The van der Waals surface area contributed by atoms with Crippen LogP contribution < -0.4 is 9.47 Å². The Hall–Kier alpha value is -3.25. The lowest BCUT2D eigenvalue weighted by Crippen LogP contribution is -2.13. The monoisotopic (exact) mass is 397 g/mol. The van der Waals surface area contributed by atoms with E-state index in [0.717, 1.165) is 16.6 Å². The molecule has 0 saturated heterocycles. The number of carbonyl (C=O) groups excluding carboxylic acids is 2. The normalized spacial score (nSPS) is 12.6. The van der Waals surface area contributed by atoms with Crippen LogP contribution in [-0.2, 0) is 9.53 Å². The van der Waals surface area contributed by atoms with Crippen LogP contribution in [0.1, 0.15) is 21.6 Å². The predicted octanol–water partition coefficient (Wildman–Crippen LogP) is 4.30. The molecule has 0 atom stereocenters. The molecule has 3 aromatic rings. The number of para-hydroxylation sites is 1. The second-order valence-electron chi connectivity index (χ2n) is 6.27. The van der Waals surface area contributed by atoms with E-state index in [9.17, 15) is 9.59 Å². The van der Waals surface area contributed by atoms with Gasteiger partial charge in [0.05, 0.1) is 5.02 Å². The van der Waals surface area contributed by atoms with Crippen molar-refractivity contribution in [3.05, 3.63) is 64.3 Å². The van der Waals surface area contributed by atoms with Gasteiger partial charge < -0.3 is 19.2 Å². The first-order valence-corrected chi connectivity index (χ1v) is 8.95. The molecule has 2 aromatic carbocycles. The van der Waals surface area contributed by atoms with Crippen LogP contribution >= 0.6 is 11.6 Å². The van der Waals surface area contributed by atoms with Gasteiger partial charge in [-0.15, -0.1) is 0 Å². The van der Waals surface area contributed by atoms with E-state index in [1.807, 2.05) is 31.2 Å². The van der Waals surface area contributed by atoms with Gasteiger partial charge in [0, 0.05) is 28.2 Å². The van der Waals surface area contributed by atoms with Gasteiger partial charge in [-0.1, -0.05) is 29.8 Å². The number of aryl methyl sites for hydroxylation is 1. The Labute approximate surface area is 165 Å². The third kappa shape index (κ3) is 3.46. The minimum absolute atomic E-state index is 0.111. The molecule has 0 fully saturated rings. The van der Waals surface area contributed by atoms with Gasteiger partial charge in [0.15, 0.2) is 18.1 Å². The molecule has 0 aliphatic carbocycles. The number of ether oxygens (including phenoxy) is 3. The van der Waals surface area contributed by atoms with Crippen LogP contribution in [0.5, 0.6) is 11.5 Å². The predicted molar refractivity (Wildman–Crippen MR) is 105 cm³/mol. The Morgan fingerprint density at radius 1 is 1.25 bits per heavy atom. The summed E-state index contributed by atoms with van der Waals surface area (Å²) in [5, 5.41) is 1.21. The van der Waals surface area contributed by atoms with Crippen LogP contribution in [0.3, 0.4) is 0 Å². The summed E-state index contributed by atoms with van der Waals surface area (Å²) in [6, 6.07) is 10.9. The van der Waals surface area contributed by atoms with Gasteiger partial charge in [0.2, 0.25) is 12.6 Å². The largest absolute Gasteiger partial charge is 0.454 e. The van der Waals surface area contributed by atoms with Crippen LogP contribution in [0.2, 0.25) is 5.02 Å². The van der Waals surface area contributed by atoms with E-state index in [0.29, 0.717) is 27.6 Å². The summed E-state index contributed by atoms with van der Waals surface area (Å²) in [7, 11) is 0. The number of esters is 1. The summed E-state index contributed by atoms with van der Waals surface area (Å²) < 4.78 is 15.6. The third-order valence-corrected chi connectivity index (χ3v) is 4.66. The van der Waals surface area contributed by atoms with Gasteiger partial charge in [-0.25, -0.2) is 4.79 Å². The number of benzene rings is 2. The zero-order valence-corrected chi connectivity index (χ0v) is 15.7. The average Bonchev–Trinajstić information content (AvgIpc) is 3.28. The van der Waals surface area contributed by atoms with Gasteiger partial charge >= 0.3 is 5.97 Å². The van der Waals surface area contributed by atoms with Crippen molar-refractivity contribution in [2.45, 2.75) is 6.92 Å². The number of fused-ring (bicyclic) bond motifs is 2. The molecule has 0 spiro atoms. The highest BCUT2D eigenvalue weighted by Gasteiger charge is 2.18. The Morgan fingerprint density at radius 2 is 2.07 bits per heavy atom. The lowest BCUT2D eigenvalue weighted by Gasteiger charge is -2.03. The fraction of sp³-hybridized carbons (Fsp3) is 0.143. The number of aromatic amines is 1. The number of Topliss-reactive ketones (excluding diaryl/α,β-unsaturated/α-hetero) is 1. The maximum Gasteiger partial charge on any atom is 0.331 e. The first-order valence-electron chi connectivity index (χ1n) is 8.57. The van der Waals surface area contributed by atoms with Crippen molar-refractivity contribution in [2.24, 2.45) is 0 Å².